The molecule has 3 rings (SSSR count). The molecule has 2 nitrogen and oxygen atoms in total. The number of hydrogen-bond donors (Lipinski definition) is 1. The molecule has 1 unspecified atom stereocenters. The van der Waals surface area contributed by atoms with Gasteiger partial charge < -0.3 is 10.2 Å². The summed E-state index contributed by atoms with van der Waals surface area (Å²) in [5.41, 5.74) is 2.73. The van der Waals surface area contributed by atoms with Crippen LogP contribution in [0.5, 0.6) is 0 Å². The highest BCUT2D eigenvalue weighted by molar-refractivity contribution is 9.10. The molecule has 0 spiro atoms. The van der Waals surface area contributed by atoms with Gasteiger partial charge in [0.15, 0.2) is 0 Å². The predicted octanol–water partition coefficient (Wildman–Crippen LogP) is 3.64. The van der Waals surface area contributed by atoms with Gasteiger partial charge in [0, 0.05) is 41.2 Å². The smallest absolute Gasteiger partial charge is 0.0511 e. The highest BCUT2D eigenvalue weighted by Gasteiger charge is 2.21. The molecule has 1 saturated heterocycles. The summed E-state index contributed by atoms with van der Waals surface area (Å²) in [6.07, 6.45) is 2.70. The van der Waals surface area contributed by atoms with Gasteiger partial charge >= 0.3 is 0 Å². The summed E-state index contributed by atoms with van der Waals surface area (Å²) >= 11 is 5.83. The van der Waals surface area contributed by atoms with E-state index in [1.54, 1.807) is 0 Å². The zero-order valence-corrected chi connectivity index (χ0v) is 13.8. The van der Waals surface area contributed by atoms with Crippen molar-refractivity contribution in [3.05, 3.63) is 28.2 Å². The normalized spacial score (nSPS) is 23.7. The molecular weight excluding hydrogens is 320 g/mol. The van der Waals surface area contributed by atoms with Crippen LogP contribution in [0, 0.1) is 0 Å². The van der Waals surface area contributed by atoms with Crippen molar-refractivity contribution in [3.63, 3.8) is 0 Å². The molecule has 19 heavy (non-hydrogen) atoms. The monoisotopic (exact) mass is 340 g/mol. The number of hydrogen-bond acceptors (Lipinski definition) is 3. The van der Waals surface area contributed by atoms with Gasteiger partial charge in [0.25, 0.3) is 0 Å². The number of anilines is 1. The molecule has 4 heteroatoms. The van der Waals surface area contributed by atoms with Crippen molar-refractivity contribution in [1.82, 2.24) is 5.32 Å². The lowest BCUT2D eigenvalue weighted by Crippen LogP contribution is -2.36. The van der Waals surface area contributed by atoms with Crippen LogP contribution < -0.4 is 10.2 Å². The number of halogens is 1. The zero-order valence-electron chi connectivity index (χ0n) is 11.4. The Labute approximate surface area is 128 Å². The summed E-state index contributed by atoms with van der Waals surface area (Å²) in [6, 6.07) is 7.59. The molecule has 1 saturated carbocycles. The molecule has 1 aromatic rings. The van der Waals surface area contributed by atoms with Gasteiger partial charge in [-0.25, -0.2) is 0 Å². The van der Waals surface area contributed by atoms with Crippen molar-refractivity contribution >= 4 is 33.4 Å². The summed E-state index contributed by atoms with van der Waals surface area (Å²) in [5, 5.41) is 4.30. The van der Waals surface area contributed by atoms with Gasteiger partial charge in [-0.1, -0.05) is 13.0 Å². The topological polar surface area (TPSA) is 15.3 Å². The fourth-order valence-electron chi connectivity index (χ4n) is 2.50. The highest BCUT2D eigenvalue weighted by atomic mass is 79.9. The van der Waals surface area contributed by atoms with Gasteiger partial charge in [0.2, 0.25) is 0 Å². The van der Waals surface area contributed by atoms with E-state index in [2.05, 4.69) is 63.0 Å². The number of nitrogens with zero attached hydrogens (tertiary/aromatic N) is 1. The maximum absolute atomic E-state index is 3.75. The van der Waals surface area contributed by atoms with E-state index in [0.717, 1.165) is 30.9 Å². The molecule has 1 heterocycles. The minimum atomic E-state index is 0.733. The third kappa shape index (κ3) is 3.67. The average molecular weight is 341 g/mol. The lowest BCUT2D eigenvalue weighted by atomic mass is 10.2. The first-order valence-corrected chi connectivity index (χ1v) is 8.95. The van der Waals surface area contributed by atoms with Gasteiger partial charge in [-0.05, 0) is 46.5 Å². The quantitative estimate of drug-likeness (QED) is 0.900. The summed E-state index contributed by atoms with van der Waals surface area (Å²) in [6.45, 7) is 5.63. The summed E-state index contributed by atoms with van der Waals surface area (Å²) in [4.78, 5) is 2.50. The van der Waals surface area contributed by atoms with Gasteiger partial charge in [-0.2, -0.15) is 11.8 Å². The van der Waals surface area contributed by atoms with E-state index in [9.17, 15) is 0 Å². The summed E-state index contributed by atoms with van der Waals surface area (Å²) in [7, 11) is 0. The number of nitrogens with one attached hydrogen (secondary N) is 1. The zero-order chi connectivity index (χ0) is 13.2. The fourth-order valence-corrected chi connectivity index (χ4v) is 4.19. The van der Waals surface area contributed by atoms with E-state index in [1.807, 2.05) is 0 Å². The Morgan fingerprint density at radius 2 is 2.26 bits per heavy atom. The second-order valence-corrected chi connectivity index (χ2v) is 7.97. The van der Waals surface area contributed by atoms with Crippen LogP contribution in [0.2, 0.25) is 0 Å². The minimum Gasteiger partial charge on any atom is -0.369 e. The molecule has 1 aliphatic carbocycles. The van der Waals surface area contributed by atoms with Crippen LogP contribution in [0.3, 0.4) is 0 Å². The predicted molar refractivity (Wildman–Crippen MR) is 88.1 cm³/mol. The van der Waals surface area contributed by atoms with Gasteiger partial charge in [0.1, 0.15) is 0 Å². The first kappa shape index (κ1) is 13.8. The third-order valence-electron chi connectivity index (χ3n) is 3.77. The van der Waals surface area contributed by atoms with Crippen LogP contribution in [0.25, 0.3) is 0 Å². The van der Waals surface area contributed by atoms with Crippen LogP contribution in [0.15, 0.2) is 22.7 Å². The van der Waals surface area contributed by atoms with Crippen LogP contribution in [-0.4, -0.2) is 30.1 Å². The van der Waals surface area contributed by atoms with E-state index in [4.69, 9.17) is 0 Å². The molecule has 2 fully saturated rings. The Kier molecular flexibility index (Phi) is 4.40. The van der Waals surface area contributed by atoms with E-state index >= 15 is 0 Å². The van der Waals surface area contributed by atoms with Crippen LogP contribution in [0.4, 0.5) is 5.69 Å². The van der Waals surface area contributed by atoms with Crippen molar-refractivity contribution in [2.75, 3.05) is 23.7 Å². The molecular formula is C15H21BrN2S. The van der Waals surface area contributed by atoms with Crippen molar-refractivity contribution in [3.8, 4) is 0 Å². The molecule has 1 aliphatic heterocycles. The molecule has 1 aromatic carbocycles. The van der Waals surface area contributed by atoms with Gasteiger partial charge in [-0.3, -0.25) is 0 Å². The second kappa shape index (κ2) is 6.06. The summed E-state index contributed by atoms with van der Waals surface area (Å²) in [5.74, 6) is 1.23. The van der Waals surface area contributed by atoms with E-state index in [0.29, 0.717) is 0 Å². The maximum Gasteiger partial charge on any atom is 0.0511 e. The second-order valence-electron chi connectivity index (χ2n) is 5.57. The van der Waals surface area contributed by atoms with Crippen molar-refractivity contribution < 1.29 is 0 Å². The Morgan fingerprint density at radius 3 is 2.95 bits per heavy atom. The maximum atomic E-state index is 3.75. The molecule has 0 amide bonds. The number of rotatable bonds is 4. The first-order chi connectivity index (χ1) is 9.22. The van der Waals surface area contributed by atoms with Crippen molar-refractivity contribution in [1.29, 1.82) is 0 Å². The molecule has 0 aromatic heterocycles. The van der Waals surface area contributed by atoms with Crippen LogP contribution >= 0.6 is 27.7 Å². The SMILES string of the molecule is CC1CN(c2ccc(CNC3CC3)cc2Br)CCS1. The van der Waals surface area contributed by atoms with E-state index < -0.39 is 0 Å². The Bertz CT molecular complexity index is 448. The fraction of sp³-hybridized carbons (Fsp3) is 0.600. The first-order valence-electron chi connectivity index (χ1n) is 7.11. The van der Waals surface area contributed by atoms with Crippen LogP contribution in [0.1, 0.15) is 25.3 Å². The van der Waals surface area contributed by atoms with Crippen molar-refractivity contribution in [2.24, 2.45) is 0 Å². The Hall–Kier alpha value is -0.190. The largest absolute Gasteiger partial charge is 0.369 e. The highest BCUT2D eigenvalue weighted by Crippen LogP contribution is 2.31. The van der Waals surface area contributed by atoms with Gasteiger partial charge in [0.05, 0.1) is 5.69 Å². The minimum absolute atomic E-state index is 0.733. The molecule has 0 radical (unpaired) electrons. The Morgan fingerprint density at radius 1 is 1.42 bits per heavy atom. The van der Waals surface area contributed by atoms with E-state index in [-0.39, 0.29) is 0 Å². The molecule has 1 atom stereocenters. The van der Waals surface area contributed by atoms with Gasteiger partial charge in [-0.15, -0.1) is 0 Å². The number of benzene rings is 1. The summed E-state index contributed by atoms with van der Waals surface area (Å²) < 4.78 is 1.24. The number of thioether (sulfide) groups is 1. The third-order valence-corrected chi connectivity index (χ3v) is 5.54. The van der Waals surface area contributed by atoms with Crippen molar-refractivity contribution in [2.45, 2.75) is 37.6 Å². The molecule has 0 bridgehead atoms. The lowest BCUT2D eigenvalue weighted by molar-refractivity contribution is 0.687. The molecule has 1 N–H and O–H groups in total. The van der Waals surface area contributed by atoms with E-state index in [1.165, 1.54) is 34.3 Å². The standard InChI is InChI=1S/C15H21BrN2S/c1-11-10-18(6-7-19-11)15-5-2-12(8-14(15)16)9-17-13-3-4-13/h2,5,8,11,13,17H,3-4,6-7,9-10H2,1H3. The average Bonchev–Trinajstić information content (AvgIpc) is 3.20. The lowest BCUT2D eigenvalue weighted by Gasteiger charge is -2.33. The molecule has 104 valence electrons. The Balaban J connectivity index is 1.67. The van der Waals surface area contributed by atoms with Crippen LogP contribution in [-0.2, 0) is 6.54 Å². The molecule has 2 aliphatic rings.